The van der Waals surface area contributed by atoms with Gasteiger partial charge < -0.3 is 9.64 Å². The summed E-state index contributed by atoms with van der Waals surface area (Å²) >= 11 is 0. The van der Waals surface area contributed by atoms with E-state index in [0.29, 0.717) is 0 Å². The Kier molecular flexibility index (Phi) is 4.29. The summed E-state index contributed by atoms with van der Waals surface area (Å²) in [5.41, 5.74) is 3.63. The van der Waals surface area contributed by atoms with Gasteiger partial charge in [0, 0.05) is 19.8 Å². The zero-order chi connectivity index (χ0) is 15.4. The molecule has 0 saturated carbocycles. The molecule has 0 atom stereocenters. The van der Waals surface area contributed by atoms with Crippen LogP contribution in [-0.4, -0.2) is 14.1 Å². The van der Waals surface area contributed by atoms with Gasteiger partial charge in [-0.05, 0) is 60.4 Å². The molecule has 2 aromatic rings. The van der Waals surface area contributed by atoms with E-state index in [0.717, 1.165) is 17.9 Å². The molecule has 2 heteroatoms. The first-order valence-electron chi connectivity index (χ1n) is 7.48. The van der Waals surface area contributed by atoms with Crippen LogP contribution in [0.4, 0.5) is 5.69 Å². The van der Waals surface area contributed by atoms with E-state index in [-0.39, 0.29) is 0 Å². The minimum Gasteiger partial charge on any atom is -0.458 e. The molecule has 2 nitrogen and oxygen atoms in total. The van der Waals surface area contributed by atoms with Crippen LogP contribution in [0.5, 0.6) is 5.75 Å². The molecule has 0 heterocycles. The average Bonchev–Trinajstić information content (AvgIpc) is 2.56. The summed E-state index contributed by atoms with van der Waals surface area (Å²) < 4.78 is 5.93. The number of anilines is 1. The van der Waals surface area contributed by atoms with Crippen LogP contribution in [0.3, 0.4) is 0 Å². The van der Waals surface area contributed by atoms with Gasteiger partial charge in [0.1, 0.15) is 11.5 Å². The van der Waals surface area contributed by atoms with E-state index in [1.807, 2.05) is 30.3 Å². The Labute approximate surface area is 132 Å². The van der Waals surface area contributed by atoms with Crippen LogP contribution in [0.15, 0.2) is 72.5 Å². The lowest BCUT2D eigenvalue weighted by Crippen LogP contribution is -2.08. The van der Waals surface area contributed by atoms with E-state index in [2.05, 4.69) is 61.8 Å². The van der Waals surface area contributed by atoms with E-state index >= 15 is 0 Å². The molecule has 0 N–H and O–H groups in total. The van der Waals surface area contributed by atoms with Crippen molar-refractivity contribution in [3.05, 3.63) is 84.5 Å². The van der Waals surface area contributed by atoms with Gasteiger partial charge in [-0.3, -0.25) is 0 Å². The van der Waals surface area contributed by atoms with E-state index < -0.39 is 0 Å². The molecule has 0 amide bonds. The lowest BCUT2D eigenvalue weighted by atomic mass is 9.96. The third kappa shape index (κ3) is 3.40. The first kappa shape index (κ1) is 14.5. The SMILES string of the molecule is CN(C)c1ccc(C2=CC(Oc3ccccc3)=CC[CH]2)cc1. The maximum absolute atomic E-state index is 5.93. The molecule has 0 aromatic heterocycles. The fourth-order valence-electron chi connectivity index (χ4n) is 2.42. The molecule has 0 aliphatic heterocycles. The molecule has 0 bridgehead atoms. The third-order valence-corrected chi connectivity index (χ3v) is 3.65. The summed E-state index contributed by atoms with van der Waals surface area (Å²) in [4.78, 5) is 2.10. The van der Waals surface area contributed by atoms with Crippen molar-refractivity contribution in [2.24, 2.45) is 0 Å². The maximum Gasteiger partial charge on any atom is 0.127 e. The van der Waals surface area contributed by atoms with Crippen LogP contribution in [-0.2, 0) is 0 Å². The molecule has 0 spiro atoms. The highest BCUT2D eigenvalue weighted by molar-refractivity contribution is 5.76. The lowest BCUT2D eigenvalue weighted by molar-refractivity contribution is 0.441. The number of ether oxygens (including phenoxy) is 1. The fraction of sp³-hybridized carbons (Fsp3) is 0.150. The van der Waals surface area contributed by atoms with Crippen molar-refractivity contribution < 1.29 is 4.74 Å². The van der Waals surface area contributed by atoms with Crippen LogP contribution in [0.25, 0.3) is 5.57 Å². The summed E-state index contributed by atoms with van der Waals surface area (Å²) in [6.07, 6.45) is 7.32. The van der Waals surface area contributed by atoms with Gasteiger partial charge in [0.2, 0.25) is 0 Å². The normalized spacial score (nSPS) is 14.1. The monoisotopic (exact) mass is 290 g/mol. The van der Waals surface area contributed by atoms with E-state index in [1.54, 1.807) is 0 Å². The second-order valence-electron chi connectivity index (χ2n) is 5.50. The Bertz CT molecular complexity index is 681. The summed E-state index contributed by atoms with van der Waals surface area (Å²) in [5.74, 6) is 1.77. The number of para-hydroxylation sites is 1. The Balaban J connectivity index is 1.78. The Morgan fingerprint density at radius 1 is 0.909 bits per heavy atom. The second-order valence-corrected chi connectivity index (χ2v) is 5.50. The number of hydrogen-bond donors (Lipinski definition) is 0. The maximum atomic E-state index is 5.93. The number of nitrogens with zero attached hydrogens (tertiary/aromatic N) is 1. The third-order valence-electron chi connectivity index (χ3n) is 3.65. The molecule has 0 saturated heterocycles. The van der Waals surface area contributed by atoms with Crippen LogP contribution in [0.2, 0.25) is 0 Å². The zero-order valence-electron chi connectivity index (χ0n) is 13.0. The fourth-order valence-corrected chi connectivity index (χ4v) is 2.42. The number of allylic oxidation sites excluding steroid dienone is 3. The molecular weight excluding hydrogens is 270 g/mol. The molecule has 2 aromatic carbocycles. The molecular formula is C20H20NO. The predicted octanol–water partition coefficient (Wildman–Crippen LogP) is 4.71. The summed E-state index contributed by atoms with van der Waals surface area (Å²) in [5, 5.41) is 0. The number of rotatable bonds is 4. The largest absolute Gasteiger partial charge is 0.458 e. The van der Waals surface area contributed by atoms with E-state index in [9.17, 15) is 0 Å². The minimum absolute atomic E-state index is 0.870. The Hall–Kier alpha value is -2.48. The van der Waals surface area contributed by atoms with Gasteiger partial charge in [0.25, 0.3) is 0 Å². The van der Waals surface area contributed by atoms with E-state index in [4.69, 9.17) is 4.74 Å². The Morgan fingerprint density at radius 3 is 2.32 bits per heavy atom. The highest BCUT2D eigenvalue weighted by Gasteiger charge is 2.10. The van der Waals surface area contributed by atoms with Gasteiger partial charge in [0.05, 0.1) is 0 Å². The highest BCUT2D eigenvalue weighted by Crippen LogP contribution is 2.28. The summed E-state index contributed by atoms with van der Waals surface area (Å²) in [7, 11) is 4.10. The minimum atomic E-state index is 0.870. The van der Waals surface area contributed by atoms with Gasteiger partial charge in [-0.25, -0.2) is 0 Å². The van der Waals surface area contributed by atoms with Gasteiger partial charge in [0.15, 0.2) is 0 Å². The molecule has 111 valence electrons. The first-order chi connectivity index (χ1) is 10.7. The molecule has 1 aliphatic rings. The molecule has 1 aliphatic carbocycles. The quantitative estimate of drug-likeness (QED) is 0.808. The lowest BCUT2D eigenvalue weighted by Gasteiger charge is -2.16. The standard InChI is InChI=1S/C20H20NO/c1-21(2)18-13-11-16(12-14-18)17-7-6-10-20(15-17)22-19-8-4-3-5-9-19/h3-5,7-15H,6H2,1-2H3. The van der Waals surface area contributed by atoms with Crippen molar-refractivity contribution in [3.63, 3.8) is 0 Å². The van der Waals surface area contributed by atoms with Crippen LogP contribution >= 0.6 is 0 Å². The number of hydrogen-bond acceptors (Lipinski definition) is 2. The predicted molar refractivity (Wildman–Crippen MR) is 92.8 cm³/mol. The van der Waals surface area contributed by atoms with Crippen molar-refractivity contribution in [1.82, 2.24) is 0 Å². The zero-order valence-corrected chi connectivity index (χ0v) is 13.0. The van der Waals surface area contributed by atoms with Crippen LogP contribution in [0, 0.1) is 6.42 Å². The molecule has 22 heavy (non-hydrogen) atoms. The van der Waals surface area contributed by atoms with Crippen molar-refractivity contribution in [1.29, 1.82) is 0 Å². The summed E-state index contributed by atoms with van der Waals surface area (Å²) in [6.45, 7) is 0. The number of benzene rings is 2. The van der Waals surface area contributed by atoms with Gasteiger partial charge in [-0.15, -0.1) is 0 Å². The van der Waals surface area contributed by atoms with Crippen molar-refractivity contribution in [3.8, 4) is 5.75 Å². The molecule has 3 rings (SSSR count). The smallest absolute Gasteiger partial charge is 0.127 e. The van der Waals surface area contributed by atoms with Gasteiger partial charge >= 0.3 is 0 Å². The highest BCUT2D eigenvalue weighted by atomic mass is 16.5. The average molecular weight is 290 g/mol. The summed E-state index contributed by atoms with van der Waals surface area (Å²) in [6, 6.07) is 18.5. The Morgan fingerprint density at radius 2 is 1.64 bits per heavy atom. The van der Waals surface area contributed by atoms with E-state index in [1.165, 1.54) is 16.8 Å². The first-order valence-corrected chi connectivity index (χ1v) is 7.48. The molecule has 0 unspecified atom stereocenters. The molecule has 0 fully saturated rings. The molecule has 1 radical (unpaired) electrons. The van der Waals surface area contributed by atoms with Crippen molar-refractivity contribution in [2.75, 3.05) is 19.0 Å². The van der Waals surface area contributed by atoms with Gasteiger partial charge in [-0.2, -0.15) is 0 Å². The van der Waals surface area contributed by atoms with Crippen LogP contribution in [0.1, 0.15) is 12.0 Å². The topological polar surface area (TPSA) is 12.5 Å². The van der Waals surface area contributed by atoms with Gasteiger partial charge in [-0.1, -0.05) is 30.3 Å². The van der Waals surface area contributed by atoms with Crippen molar-refractivity contribution in [2.45, 2.75) is 6.42 Å². The second kappa shape index (κ2) is 6.52. The van der Waals surface area contributed by atoms with Crippen LogP contribution < -0.4 is 9.64 Å². The van der Waals surface area contributed by atoms with Crippen molar-refractivity contribution >= 4 is 11.3 Å².